The Bertz CT molecular complexity index is 354. The van der Waals surface area contributed by atoms with Gasteiger partial charge in [0.05, 0.1) is 11.8 Å². The SMILES string of the molecule is CC1(C)C(C(F)(F)F)CCN1C(=O)[C@@H]1CCCNC1.Cl. The zero-order valence-corrected chi connectivity index (χ0v) is 12.6. The fraction of sp³-hybridized carbons (Fsp3) is 0.923. The number of nitrogens with one attached hydrogen (secondary N) is 1. The van der Waals surface area contributed by atoms with Gasteiger partial charge in [0.25, 0.3) is 0 Å². The van der Waals surface area contributed by atoms with Crippen molar-refractivity contribution in [1.29, 1.82) is 0 Å². The fourth-order valence-electron chi connectivity index (χ4n) is 3.33. The van der Waals surface area contributed by atoms with Gasteiger partial charge in [0.15, 0.2) is 0 Å². The van der Waals surface area contributed by atoms with E-state index in [1.165, 1.54) is 18.7 Å². The molecule has 7 heteroatoms. The van der Waals surface area contributed by atoms with Crippen LogP contribution in [0.5, 0.6) is 0 Å². The van der Waals surface area contributed by atoms with E-state index in [1.54, 1.807) is 0 Å². The Kier molecular flexibility index (Phi) is 5.35. The van der Waals surface area contributed by atoms with Gasteiger partial charge in [-0.2, -0.15) is 13.2 Å². The first-order valence-corrected chi connectivity index (χ1v) is 6.83. The van der Waals surface area contributed by atoms with Crippen LogP contribution in [-0.4, -0.2) is 42.2 Å². The van der Waals surface area contributed by atoms with E-state index in [9.17, 15) is 18.0 Å². The number of nitrogens with zero attached hydrogens (tertiary/aromatic N) is 1. The predicted octanol–water partition coefficient (Wildman–Crippen LogP) is 2.60. The highest BCUT2D eigenvalue weighted by atomic mass is 35.5. The quantitative estimate of drug-likeness (QED) is 0.807. The van der Waals surface area contributed by atoms with Gasteiger partial charge in [-0.15, -0.1) is 12.4 Å². The third kappa shape index (κ3) is 3.22. The number of halogens is 4. The maximum atomic E-state index is 13.0. The lowest BCUT2D eigenvalue weighted by Crippen LogP contribution is -2.53. The van der Waals surface area contributed by atoms with Crippen LogP contribution >= 0.6 is 12.4 Å². The third-order valence-electron chi connectivity index (χ3n) is 4.50. The summed E-state index contributed by atoms with van der Waals surface area (Å²) in [6, 6.07) is 0. The van der Waals surface area contributed by atoms with Crippen LogP contribution in [-0.2, 0) is 4.79 Å². The van der Waals surface area contributed by atoms with Crippen LogP contribution in [0.2, 0.25) is 0 Å². The Morgan fingerprint density at radius 2 is 1.95 bits per heavy atom. The van der Waals surface area contributed by atoms with E-state index in [0.29, 0.717) is 6.54 Å². The lowest BCUT2D eigenvalue weighted by atomic mass is 9.87. The van der Waals surface area contributed by atoms with Crippen LogP contribution in [0.3, 0.4) is 0 Å². The van der Waals surface area contributed by atoms with Gasteiger partial charge >= 0.3 is 6.18 Å². The predicted molar refractivity (Wildman–Crippen MR) is 72.8 cm³/mol. The van der Waals surface area contributed by atoms with Crippen LogP contribution in [0.15, 0.2) is 0 Å². The minimum atomic E-state index is -4.23. The van der Waals surface area contributed by atoms with Gasteiger partial charge in [-0.25, -0.2) is 0 Å². The minimum absolute atomic E-state index is 0. The first-order valence-electron chi connectivity index (χ1n) is 6.83. The van der Waals surface area contributed by atoms with Crippen molar-refractivity contribution < 1.29 is 18.0 Å². The minimum Gasteiger partial charge on any atom is -0.337 e. The summed E-state index contributed by atoms with van der Waals surface area (Å²) in [6.07, 6.45) is -2.53. The van der Waals surface area contributed by atoms with E-state index in [0.717, 1.165) is 19.4 Å². The Balaban J connectivity index is 0.00000200. The maximum Gasteiger partial charge on any atom is 0.394 e. The summed E-state index contributed by atoms with van der Waals surface area (Å²) in [7, 11) is 0. The molecular weight excluding hydrogens is 293 g/mol. The molecule has 1 N–H and O–H groups in total. The molecule has 20 heavy (non-hydrogen) atoms. The Hall–Kier alpha value is -0.490. The first kappa shape index (κ1) is 17.6. The average molecular weight is 315 g/mol. The van der Waals surface area contributed by atoms with E-state index >= 15 is 0 Å². The number of alkyl halides is 3. The maximum absolute atomic E-state index is 13.0. The largest absolute Gasteiger partial charge is 0.394 e. The van der Waals surface area contributed by atoms with Crippen LogP contribution < -0.4 is 5.32 Å². The van der Waals surface area contributed by atoms with E-state index in [1.807, 2.05) is 0 Å². The number of likely N-dealkylation sites (tertiary alicyclic amines) is 1. The number of carbonyl (C=O) groups is 1. The Morgan fingerprint density at radius 3 is 2.40 bits per heavy atom. The van der Waals surface area contributed by atoms with Crippen molar-refractivity contribution in [2.24, 2.45) is 11.8 Å². The second-order valence-electron chi connectivity index (χ2n) is 6.07. The number of hydrogen-bond donors (Lipinski definition) is 1. The standard InChI is InChI=1S/C13H21F3N2O.ClH/c1-12(2)10(13(14,15)16)5-7-18(12)11(19)9-4-3-6-17-8-9;/h9-10,17H,3-8H2,1-2H3;1H/t9-,10?;/m1./s1. The summed E-state index contributed by atoms with van der Waals surface area (Å²) in [5, 5.41) is 3.14. The van der Waals surface area contributed by atoms with Crippen molar-refractivity contribution in [3.63, 3.8) is 0 Å². The lowest BCUT2D eigenvalue weighted by Gasteiger charge is -2.39. The number of piperidine rings is 1. The van der Waals surface area contributed by atoms with Gasteiger partial charge in [-0.1, -0.05) is 0 Å². The van der Waals surface area contributed by atoms with Crippen LogP contribution in [0.25, 0.3) is 0 Å². The van der Waals surface area contributed by atoms with Gasteiger partial charge in [-0.05, 0) is 39.7 Å². The van der Waals surface area contributed by atoms with Gasteiger partial charge in [-0.3, -0.25) is 4.79 Å². The molecule has 0 radical (unpaired) electrons. The average Bonchev–Trinajstić information content (AvgIpc) is 2.64. The smallest absolute Gasteiger partial charge is 0.337 e. The van der Waals surface area contributed by atoms with Crippen LogP contribution in [0, 0.1) is 11.8 Å². The Morgan fingerprint density at radius 1 is 1.30 bits per heavy atom. The molecule has 0 spiro atoms. The molecule has 2 heterocycles. The molecule has 0 aromatic heterocycles. The second kappa shape index (κ2) is 6.10. The highest BCUT2D eigenvalue weighted by Crippen LogP contribution is 2.45. The van der Waals surface area contributed by atoms with Crippen LogP contribution in [0.4, 0.5) is 13.2 Å². The lowest BCUT2D eigenvalue weighted by molar-refractivity contribution is -0.192. The summed E-state index contributed by atoms with van der Waals surface area (Å²) in [5.41, 5.74) is -1.13. The molecule has 3 nitrogen and oxygen atoms in total. The molecule has 2 saturated heterocycles. The van der Waals surface area contributed by atoms with Gasteiger partial charge in [0, 0.05) is 18.6 Å². The zero-order chi connectivity index (χ0) is 14.3. The molecule has 1 unspecified atom stereocenters. The van der Waals surface area contributed by atoms with E-state index in [2.05, 4.69) is 5.32 Å². The van der Waals surface area contributed by atoms with E-state index in [4.69, 9.17) is 0 Å². The molecule has 2 atom stereocenters. The molecule has 2 fully saturated rings. The molecule has 1 amide bonds. The fourth-order valence-corrected chi connectivity index (χ4v) is 3.33. The monoisotopic (exact) mass is 314 g/mol. The van der Waals surface area contributed by atoms with Gasteiger partial charge < -0.3 is 10.2 Å². The summed E-state index contributed by atoms with van der Waals surface area (Å²) >= 11 is 0. The topological polar surface area (TPSA) is 32.3 Å². The molecule has 0 aromatic carbocycles. The second-order valence-corrected chi connectivity index (χ2v) is 6.07. The molecule has 118 valence electrons. The molecule has 0 aromatic rings. The van der Waals surface area contributed by atoms with E-state index < -0.39 is 17.6 Å². The third-order valence-corrected chi connectivity index (χ3v) is 4.50. The Labute approximate surface area is 123 Å². The van der Waals surface area contributed by atoms with Crippen molar-refractivity contribution in [3.05, 3.63) is 0 Å². The van der Waals surface area contributed by atoms with Gasteiger partial charge in [0.1, 0.15) is 0 Å². The van der Waals surface area contributed by atoms with Crippen molar-refractivity contribution >= 4 is 18.3 Å². The first-order chi connectivity index (χ1) is 8.74. The zero-order valence-electron chi connectivity index (χ0n) is 11.8. The number of carbonyl (C=O) groups excluding carboxylic acids is 1. The molecular formula is C13H22ClF3N2O. The highest BCUT2D eigenvalue weighted by Gasteiger charge is 2.56. The van der Waals surface area contributed by atoms with Crippen molar-refractivity contribution in [3.8, 4) is 0 Å². The summed E-state index contributed by atoms with van der Waals surface area (Å²) in [6.45, 7) is 4.76. The van der Waals surface area contributed by atoms with Crippen molar-refractivity contribution in [2.75, 3.05) is 19.6 Å². The summed E-state index contributed by atoms with van der Waals surface area (Å²) < 4.78 is 39.0. The molecule has 0 aliphatic carbocycles. The molecule has 2 rings (SSSR count). The van der Waals surface area contributed by atoms with Crippen molar-refractivity contribution in [2.45, 2.75) is 44.8 Å². The van der Waals surface area contributed by atoms with Gasteiger partial charge in [0.2, 0.25) is 5.91 Å². The number of amides is 1. The van der Waals surface area contributed by atoms with E-state index in [-0.39, 0.29) is 37.2 Å². The molecule has 2 aliphatic heterocycles. The molecule has 0 saturated carbocycles. The van der Waals surface area contributed by atoms with Crippen molar-refractivity contribution in [1.82, 2.24) is 10.2 Å². The summed E-state index contributed by atoms with van der Waals surface area (Å²) in [5.74, 6) is -1.70. The highest BCUT2D eigenvalue weighted by molar-refractivity contribution is 5.85. The normalized spacial score (nSPS) is 29.9. The summed E-state index contributed by atoms with van der Waals surface area (Å²) in [4.78, 5) is 13.9. The number of rotatable bonds is 1. The molecule has 2 aliphatic rings. The number of hydrogen-bond acceptors (Lipinski definition) is 2. The molecule has 0 bridgehead atoms. The van der Waals surface area contributed by atoms with Crippen LogP contribution in [0.1, 0.15) is 33.1 Å².